The molecule has 0 unspecified atom stereocenters. The van der Waals surface area contributed by atoms with Crippen molar-refractivity contribution in [3.63, 3.8) is 0 Å². The van der Waals surface area contributed by atoms with Crippen LogP contribution in [0.5, 0.6) is 0 Å². The Balaban J connectivity index is 1.45. The Hall–Kier alpha value is -1.73. The first kappa shape index (κ1) is 22.1. The fourth-order valence-electron chi connectivity index (χ4n) is 8.44. The number of carbonyl (C=O) groups is 3. The van der Waals surface area contributed by atoms with E-state index < -0.39 is 16.6 Å². The van der Waals surface area contributed by atoms with Gasteiger partial charge in [0.1, 0.15) is 19.0 Å². The van der Waals surface area contributed by atoms with Crippen molar-refractivity contribution in [1.82, 2.24) is 0 Å². The zero-order chi connectivity index (χ0) is 22.9. The summed E-state index contributed by atoms with van der Waals surface area (Å²) >= 11 is 0. The van der Waals surface area contributed by atoms with Crippen LogP contribution in [-0.4, -0.2) is 52.4 Å². The van der Waals surface area contributed by atoms with Gasteiger partial charge in [-0.2, -0.15) is 0 Å². The summed E-state index contributed by atoms with van der Waals surface area (Å²) in [6.07, 6.45) is 7.44. The summed E-state index contributed by atoms with van der Waals surface area (Å²) < 4.78 is 10.5. The fraction of sp³-hybridized carbons (Fsp3) is 0.800. The van der Waals surface area contributed by atoms with E-state index in [4.69, 9.17) is 9.47 Å². The predicted molar refractivity (Wildman–Crippen MR) is 113 cm³/mol. The molecule has 4 aliphatic carbocycles. The molecule has 7 heteroatoms. The molecule has 0 aromatic heterocycles. The van der Waals surface area contributed by atoms with Crippen LogP contribution in [0.1, 0.15) is 71.6 Å². The lowest BCUT2D eigenvalue weighted by Crippen LogP contribution is -2.68. The van der Waals surface area contributed by atoms with E-state index in [-0.39, 0.29) is 47.6 Å². The van der Waals surface area contributed by atoms with Crippen molar-refractivity contribution in [2.45, 2.75) is 88.9 Å². The molecule has 2 N–H and O–H groups in total. The second-order valence-electron chi connectivity index (χ2n) is 11.4. The van der Waals surface area contributed by atoms with Gasteiger partial charge in [0.05, 0.1) is 16.6 Å². The monoisotopic (exact) mass is 446 g/mol. The molecule has 0 bridgehead atoms. The van der Waals surface area contributed by atoms with Crippen molar-refractivity contribution in [1.29, 1.82) is 0 Å². The quantitative estimate of drug-likeness (QED) is 0.506. The summed E-state index contributed by atoms with van der Waals surface area (Å²) in [5.74, 6) is -0.765. The average molecular weight is 447 g/mol. The zero-order valence-electron chi connectivity index (χ0n) is 19.0. The van der Waals surface area contributed by atoms with Gasteiger partial charge in [-0.1, -0.05) is 6.92 Å². The smallest absolute Gasteiger partial charge is 0.331 e. The van der Waals surface area contributed by atoms with E-state index in [1.807, 2.05) is 0 Å². The van der Waals surface area contributed by atoms with Crippen LogP contribution in [0.25, 0.3) is 0 Å². The molecule has 176 valence electrons. The Bertz CT molecular complexity index is 882. The van der Waals surface area contributed by atoms with Crippen LogP contribution in [0, 0.1) is 28.6 Å². The first-order valence-electron chi connectivity index (χ1n) is 12.0. The lowest BCUT2D eigenvalue weighted by molar-refractivity contribution is -0.247. The van der Waals surface area contributed by atoms with Gasteiger partial charge in [-0.25, -0.2) is 4.79 Å². The van der Waals surface area contributed by atoms with Crippen molar-refractivity contribution in [3.8, 4) is 0 Å². The lowest BCUT2D eigenvalue weighted by atomic mass is 9.42. The number of rotatable bonds is 3. The van der Waals surface area contributed by atoms with Gasteiger partial charge in [-0.05, 0) is 80.1 Å². The number of aldehydes is 1. The molecule has 5 aliphatic rings. The highest BCUT2D eigenvalue weighted by molar-refractivity contribution is 5.85. The fourth-order valence-corrected chi connectivity index (χ4v) is 8.44. The van der Waals surface area contributed by atoms with Crippen LogP contribution >= 0.6 is 0 Å². The van der Waals surface area contributed by atoms with Gasteiger partial charge in [-0.3, -0.25) is 4.79 Å². The SMILES string of the molecule is CC(=O)O[C@H]1CC[C@@]2(C=O)[C@@H]3CC[C@]4(C)C[C@H](C5=CC(=O)OC5)C[C@]4(O)[C@@H]3CC[C@]2(O)C1. The Morgan fingerprint density at radius 3 is 2.53 bits per heavy atom. The average Bonchev–Trinajstić information content (AvgIpc) is 3.27. The standard InChI is InChI=1S/C25H34O7/c1-15(27)32-18-3-7-23(14-26)19-4-6-22(2)10-17(16-9-21(28)31-13-16)11-25(22,30)20(19)5-8-24(23,29)12-18/h9,14,17-20,29-30H,3-8,10-13H2,1-2H3/t17-,18-,19+,20+,22+,23+,24-,25-/m0/s1. The highest BCUT2D eigenvalue weighted by Crippen LogP contribution is 2.69. The summed E-state index contributed by atoms with van der Waals surface area (Å²) in [4.78, 5) is 35.8. The molecule has 0 spiro atoms. The molecule has 0 aromatic rings. The van der Waals surface area contributed by atoms with Gasteiger partial charge >= 0.3 is 11.9 Å². The van der Waals surface area contributed by atoms with E-state index in [2.05, 4.69) is 6.92 Å². The van der Waals surface area contributed by atoms with E-state index in [1.54, 1.807) is 6.08 Å². The molecular formula is C25H34O7. The van der Waals surface area contributed by atoms with Crippen LogP contribution in [0.3, 0.4) is 0 Å². The minimum absolute atomic E-state index is 0.0828. The van der Waals surface area contributed by atoms with Crippen molar-refractivity contribution in [3.05, 3.63) is 11.6 Å². The van der Waals surface area contributed by atoms with Crippen LogP contribution in [0.15, 0.2) is 11.6 Å². The van der Waals surface area contributed by atoms with Crippen molar-refractivity contribution in [2.24, 2.45) is 28.6 Å². The number of hydrogen-bond acceptors (Lipinski definition) is 7. The molecule has 0 radical (unpaired) electrons. The summed E-state index contributed by atoms with van der Waals surface area (Å²) in [6, 6.07) is 0. The van der Waals surface area contributed by atoms with E-state index in [1.165, 1.54) is 6.92 Å². The number of fused-ring (bicyclic) bond motifs is 5. The first-order chi connectivity index (χ1) is 15.1. The minimum atomic E-state index is -1.22. The van der Waals surface area contributed by atoms with Crippen molar-refractivity contribution in [2.75, 3.05) is 6.61 Å². The molecule has 7 nitrogen and oxygen atoms in total. The van der Waals surface area contributed by atoms with Crippen LogP contribution < -0.4 is 0 Å². The molecule has 5 rings (SSSR count). The molecule has 0 saturated heterocycles. The maximum Gasteiger partial charge on any atom is 0.331 e. The van der Waals surface area contributed by atoms with E-state index >= 15 is 0 Å². The van der Waals surface area contributed by atoms with Gasteiger partial charge < -0.3 is 24.5 Å². The number of aliphatic hydroxyl groups is 2. The second-order valence-corrected chi connectivity index (χ2v) is 11.4. The van der Waals surface area contributed by atoms with E-state index in [9.17, 15) is 24.6 Å². The molecule has 4 saturated carbocycles. The maximum absolute atomic E-state index is 12.7. The second kappa shape index (κ2) is 7.13. The molecule has 0 aromatic carbocycles. The van der Waals surface area contributed by atoms with Crippen LogP contribution in [0.2, 0.25) is 0 Å². The molecule has 8 atom stereocenters. The van der Waals surface area contributed by atoms with Gasteiger partial charge in [-0.15, -0.1) is 0 Å². The largest absolute Gasteiger partial charge is 0.462 e. The van der Waals surface area contributed by atoms with E-state index in [0.717, 1.165) is 31.1 Å². The number of hydrogen-bond donors (Lipinski definition) is 2. The summed E-state index contributed by atoms with van der Waals surface area (Å²) in [5.41, 5.74) is -2.41. The van der Waals surface area contributed by atoms with Crippen LogP contribution in [-0.2, 0) is 23.9 Å². The Morgan fingerprint density at radius 1 is 1.12 bits per heavy atom. The first-order valence-corrected chi connectivity index (χ1v) is 12.0. The molecule has 32 heavy (non-hydrogen) atoms. The van der Waals surface area contributed by atoms with Gasteiger partial charge in [0, 0.05) is 19.4 Å². The third kappa shape index (κ3) is 2.89. The third-order valence-electron chi connectivity index (χ3n) is 10.00. The zero-order valence-corrected chi connectivity index (χ0v) is 19.0. The highest BCUT2D eigenvalue weighted by Gasteiger charge is 2.70. The molecular weight excluding hydrogens is 412 g/mol. The van der Waals surface area contributed by atoms with Gasteiger partial charge in [0.2, 0.25) is 0 Å². The minimum Gasteiger partial charge on any atom is -0.462 e. The number of cyclic esters (lactones) is 1. The number of esters is 2. The Kier molecular flexibility index (Phi) is 4.92. The molecule has 1 heterocycles. The topological polar surface area (TPSA) is 110 Å². The highest BCUT2D eigenvalue weighted by atomic mass is 16.5. The van der Waals surface area contributed by atoms with Crippen molar-refractivity contribution >= 4 is 18.2 Å². The molecule has 4 fully saturated rings. The summed E-state index contributed by atoms with van der Waals surface area (Å²) in [5, 5.41) is 23.9. The Labute approximate surface area is 188 Å². The molecule has 1 aliphatic heterocycles. The van der Waals surface area contributed by atoms with Crippen molar-refractivity contribution < 1.29 is 34.1 Å². The summed E-state index contributed by atoms with van der Waals surface area (Å²) in [7, 11) is 0. The number of carbonyl (C=O) groups excluding carboxylic acids is 3. The van der Waals surface area contributed by atoms with Gasteiger partial charge in [0.15, 0.2) is 0 Å². The third-order valence-corrected chi connectivity index (χ3v) is 10.00. The maximum atomic E-state index is 12.7. The lowest BCUT2D eigenvalue weighted by Gasteiger charge is -2.64. The van der Waals surface area contributed by atoms with E-state index in [0.29, 0.717) is 38.7 Å². The Morgan fingerprint density at radius 2 is 1.88 bits per heavy atom. The normalized spacial score (nSPS) is 49.9. The van der Waals surface area contributed by atoms with Gasteiger partial charge in [0.25, 0.3) is 0 Å². The number of ether oxygens (including phenoxy) is 2. The van der Waals surface area contributed by atoms with Crippen LogP contribution in [0.4, 0.5) is 0 Å². The predicted octanol–water partition coefficient (Wildman–Crippen LogP) is 2.47. The summed E-state index contributed by atoms with van der Waals surface area (Å²) in [6.45, 7) is 3.82. The molecule has 0 amide bonds.